The lowest BCUT2D eigenvalue weighted by Crippen LogP contribution is -2.39. The number of rotatable bonds is 10. The van der Waals surface area contributed by atoms with Gasteiger partial charge in [-0.3, -0.25) is 5.41 Å². The van der Waals surface area contributed by atoms with Gasteiger partial charge in [-0.1, -0.05) is 46.6 Å². The molecule has 0 bridgehead atoms. The lowest BCUT2D eigenvalue weighted by atomic mass is 10.1. The quantitative estimate of drug-likeness (QED) is 0.287. The van der Waals surface area contributed by atoms with E-state index in [2.05, 4.69) is 65.8 Å². The van der Waals surface area contributed by atoms with E-state index in [0.717, 1.165) is 38.8 Å². The van der Waals surface area contributed by atoms with E-state index in [1.807, 2.05) is 23.9 Å². The fourth-order valence-corrected chi connectivity index (χ4v) is 2.43. The lowest BCUT2D eigenvalue weighted by Gasteiger charge is -2.26. The van der Waals surface area contributed by atoms with Crippen LogP contribution < -0.4 is 0 Å². The average Bonchev–Trinajstić information content (AvgIpc) is 2.56. The molecule has 3 nitrogen and oxygen atoms in total. The Kier molecular flexibility index (Phi) is 12.5. The monoisotopic (exact) mass is 359 g/mol. The molecule has 0 aromatic rings. The van der Waals surface area contributed by atoms with Crippen molar-refractivity contribution in [3.05, 3.63) is 46.6 Å². The van der Waals surface area contributed by atoms with E-state index in [-0.39, 0.29) is 0 Å². The van der Waals surface area contributed by atoms with Crippen molar-refractivity contribution in [1.29, 1.82) is 5.41 Å². The van der Waals surface area contributed by atoms with Gasteiger partial charge in [0.2, 0.25) is 0 Å². The summed E-state index contributed by atoms with van der Waals surface area (Å²) in [7, 11) is 3.98. The molecule has 0 saturated heterocycles. The second kappa shape index (κ2) is 13.4. The first kappa shape index (κ1) is 24.2. The Balaban J connectivity index is 4.36. The first-order chi connectivity index (χ1) is 12.1. The Hall–Kier alpha value is -1.77. The lowest BCUT2D eigenvalue weighted by molar-refractivity contribution is 0.428. The molecule has 0 atom stereocenters. The minimum atomic E-state index is 0.562. The molecule has 0 rings (SSSR count). The summed E-state index contributed by atoms with van der Waals surface area (Å²) in [6, 6.07) is 0. The molecule has 0 unspecified atom stereocenters. The zero-order chi connectivity index (χ0) is 20.1. The topological polar surface area (TPSA) is 30.3 Å². The van der Waals surface area contributed by atoms with Crippen molar-refractivity contribution in [1.82, 2.24) is 9.80 Å². The van der Waals surface area contributed by atoms with Crippen LogP contribution in [-0.2, 0) is 0 Å². The van der Waals surface area contributed by atoms with E-state index in [9.17, 15) is 0 Å². The Morgan fingerprint density at radius 2 is 1.00 bits per heavy atom. The van der Waals surface area contributed by atoms with Gasteiger partial charge in [0.25, 0.3) is 0 Å². The van der Waals surface area contributed by atoms with Crippen LogP contribution in [-0.4, -0.2) is 42.9 Å². The standard InChI is InChI=1S/C23H41N3/c1-19(2)11-9-13-21(5)15-17-25(7)23(24)26(8)18-16-22(6)14-10-12-20(3)4/h11-12,15-16,24H,9-10,13-14,17-18H2,1-8H3/b21-15-,22-16+,24-23?. The minimum absolute atomic E-state index is 0.562. The molecule has 0 aliphatic carbocycles. The Bertz CT molecular complexity index is 494. The third-order valence-electron chi connectivity index (χ3n) is 4.33. The Labute approximate surface area is 162 Å². The molecule has 0 aliphatic rings. The number of hydrogen-bond donors (Lipinski definition) is 1. The molecule has 0 aromatic heterocycles. The van der Waals surface area contributed by atoms with Crippen LogP contribution in [0.4, 0.5) is 0 Å². The number of likely N-dealkylation sites (N-methyl/N-ethyl adjacent to an activating group) is 2. The summed E-state index contributed by atoms with van der Waals surface area (Å²) in [6.07, 6.45) is 13.4. The van der Waals surface area contributed by atoms with Gasteiger partial charge in [0.05, 0.1) is 0 Å². The number of guanidine groups is 1. The molecular weight excluding hydrogens is 318 g/mol. The second-order valence-corrected chi connectivity index (χ2v) is 7.83. The first-order valence-corrected chi connectivity index (χ1v) is 9.72. The summed E-state index contributed by atoms with van der Waals surface area (Å²) in [5.41, 5.74) is 5.53. The predicted octanol–water partition coefficient (Wildman–Crippen LogP) is 6.17. The van der Waals surface area contributed by atoms with E-state index >= 15 is 0 Å². The molecule has 0 fully saturated rings. The molecule has 0 radical (unpaired) electrons. The van der Waals surface area contributed by atoms with Crippen molar-refractivity contribution in [2.24, 2.45) is 0 Å². The first-order valence-electron chi connectivity index (χ1n) is 9.72. The van der Waals surface area contributed by atoms with E-state index < -0.39 is 0 Å². The van der Waals surface area contributed by atoms with Crippen LogP contribution in [0, 0.1) is 5.41 Å². The highest BCUT2D eigenvalue weighted by molar-refractivity contribution is 5.76. The highest BCUT2D eigenvalue weighted by Crippen LogP contribution is 2.08. The molecule has 0 aliphatic heterocycles. The molecule has 26 heavy (non-hydrogen) atoms. The van der Waals surface area contributed by atoms with Crippen LogP contribution in [0.2, 0.25) is 0 Å². The van der Waals surface area contributed by atoms with Crippen molar-refractivity contribution in [3.63, 3.8) is 0 Å². The van der Waals surface area contributed by atoms with Crippen LogP contribution in [0.25, 0.3) is 0 Å². The van der Waals surface area contributed by atoms with Crippen molar-refractivity contribution >= 4 is 5.96 Å². The highest BCUT2D eigenvalue weighted by atomic mass is 15.3. The van der Waals surface area contributed by atoms with Gasteiger partial charge in [0.15, 0.2) is 5.96 Å². The zero-order valence-corrected chi connectivity index (χ0v) is 18.4. The number of nitrogens with zero attached hydrogens (tertiary/aromatic N) is 2. The SMILES string of the molecule is CC(C)=CCC/C(C)=C\CN(C)C(=N)N(C)C/C=C(\C)CCC=C(C)C. The second-order valence-electron chi connectivity index (χ2n) is 7.83. The van der Waals surface area contributed by atoms with E-state index in [1.54, 1.807) is 0 Å². The van der Waals surface area contributed by atoms with Gasteiger partial charge in [-0.05, 0) is 67.2 Å². The summed E-state index contributed by atoms with van der Waals surface area (Å²) >= 11 is 0. The van der Waals surface area contributed by atoms with Crippen molar-refractivity contribution in [2.45, 2.75) is 67.2 Å². The van der Waals surface area contributed by atoms with Gasteiger partial charge in [0.1, 0.15) is 0 Å². The number of hydrogen-bond acceptors (Lipinski definition) is 1. The molecule has 148 valence electrons. The highest BCUT2D eigenvalue weighted by Gasteiger charge is 2.07. The molecule has 0 aromatic carbocycles. The number of allylic oxidation sites excluding steroid dienone is 6. The summed E-state index contributed by atoms with van der Waals surface area (Å²) in [4.78, 5) is 3.99. The average molecular weight is 360 g/mol. The van der Waals surface area contributed by atoms with Crippen molar-refractivity contribution in [2.75, 3.05) is 27.2 Å². The Morgan fingerprint density at radius 1 is 0.654 bits per heavy atom. The summed E-state index contributed by atoms with van der Waals surface area (Å²) in [6.45, 7) is 14.5. The predicted molar refractivity (Wildman–Crippen MR) is 118 cm³/mol. The Morgan fingerprint density at radius 3 is 1.31 bits per heavy atom. The molecule has 0 amide bonds. The maximum Gasteiger partial charge on any atom is 0.193 e. The van der Waals surface area contributed by atoms with Gasteiger partial charge >= 0.3 is 0 Å². The van der Waals surface area contributed by atoms with E-state index in [4.69, 9.17) is 5.41 Å². The molecule has 0 saturated carbocycles. The normalized spacial score (nSPS) is 11.8. The van der Waals surface area contributed by atoms with Gasteiger partial charge in [-0.25, -0.2) is 0 Å². The van der Waals surface area contributed by atoms with Gasteiger partial charge in [-0.15, -0.1) is 0 Å². The van der Waals surface area contributed by atoms with Crippen LogP contribution in [0.15, 0.2) is 46.6 Å². The molecule has 1 N–H and O–H groups in total. The summed E-state index contributed by atoms with van der Waals surface area (Å²) in [5, 5.41) is 8.35. The van der Waals surface area contributed by atoms with Crippen molar-refractivity contribution < 1.29 is 0 Å². The van der Waals surface area contributed by atoms with Crippen LogP contribution >= 0.6 is 0 Å². The zero-order valence-electron chi connectivity index (χ0n) is 18.4. The van der Waals surface area contributed by atoms with Crippen molar-refractivity contribution in [3.8, 4) is 0 Å². The molecular formula is C23H41N3. The smallest absolute Gasteiger partial charge is 0.193 e. The summed E-state index contributed by atoms with van der Waals surface area (Å²) in [5.74, 6) is 0.562. The van der Waals surface area contributed by atoms with E-state index in [1.165, 1.54) is 22.3 Å². The third-order valence-corrected chi connectivity index (χ3v) is 4.33. The minimum Gasteiger partial charge on any atom is -0.342 e. The van der Waals surface area contributed by atoms with Crippen LogP contribution in [0.5, 0.6) is 0 Å². The fourth-order valence-electron chi connectivity index (χ4n) is 2.43. The molecule has 3 heteroatoms. The maximum absolute atomic E-state index is 8.35. The third kappa shape index (κ3) is 12.6. The largest absolute Gasteiger partial charge is 0.342 e. The molecule has 0 spiro atoms. The van der Waals surface area contributed by atoms with Gasteiger partial charge in [-0.2, -0.15) is 0 Å². The number of nitrogens with one attached hydrogen (secondary N) is 1. The van der Waals surface area contributed by atoms with Crippen LogP contribution in [0.1, 0.15) is 67.2 Å². The van der Waals surface area contributed by atoms with E-state index in [0.29, 0.717) is 5.96 Å². The van der Waals surface area contributed by atoms with Gasteiger partial charge in [0, 0.05) is 27.2 Å². The fraction of sp³-hybridized carbons (Fsp3) is 0.609. The van der Waals surface area contributed by atoms with Crippen LogP contribution in [0.3, 0.4) is 0 Å². The van der Waals surface area contributed by atoms with Gasteiger partial charge < -0.3 is 9.80 Å². The maximum atomic E-state index is 8.35. The molecule has 0 heterocycles. The summed E-state index contributed by atoms with van der Waals surface area (Å²) < 4.78 is 0.